The molecule has 2 amide bonds. The number of hydroxylamine groups is 1. The lowest BCUT2D eigenvalue weighted by atomic mass is 9.98. The number of carbonyl (C=O) groups excluding carboxylic acids is 2. The summed E-state index contributed by atoms with van der Waals surface area (Å²) in [6.45, 7) is 6.69. The van der Waals surface area contributed by atoms with E-state index in [2.05, 4.69) is 11.9 Å². The van der Waals surface area contributed by atoms with Gasteiger partial charge in [-0.2, -0.15) is 0 Å². The summed E-state index contributed by atoms with van der Waals surface area (Å²) in [4.78, 5) is 43.1. The number of benzene rings is 2. The first-order valence-corrected chi connectivity index (χ1v) is 12.9. The van der Waals surface area contributed by atoms with Crippen molar-refractivity contribution in [2.75, 3.05) is 13.1 Å². The summed E-state index contributed by atoms with van der Waals surface area (Å²) in [5.74, 6) is -0.847. The molecule has 0 aliphatic heterocycles. The van der Waals surface area contributed by atoms with E-state index in [0.717, 1.165) is 29.8 Å². The van der Waals surface area contributed by atoms with Gasteiger partial charge in [-0.25, -0.2) is 15.3 Å². The van der Waals surface area contributed by atoms with Crippen molar-refractivity contribution in [3.8, 4) is 11.1 Å². The van der Waals surface area contributed by atoms with E-state index >= 15 is 0 Å². The fourth-order valence-corrected chi connectivity index (χ4v) is 4.23. The van der Waals surface area contributed by atoms with Crippen LogP contribution < -0.4 is 5.48 Å². The first-order chi connectivity index (χ1) is 18.2. The predicted molar refractivity (Wildman–Crippen MR) is 144 cm³/mol. The van der Waals surface area contributed by atoms with Crippen LogP contribution in [0.5, 0.6) is 0 Å². The monoisotopic (exact) mass is 520 g/mol. The summed E-state index contributed by atoms with van der Waals surface area (Å²) in [5, 5.41) is 18.6. The average Bonchev–Trinajstić information content (AvgIpc) is 3.31. The fourth-order valence-electron chi connectivity index (χ4n) is 4.23. The van der Waals surface area contributed by atoms with Crippen LogP contribution in [0.15, 0.2) is 54.7 Å². The third-order valence-electron chi connectivity index (χ3n) is 6.40. The van der Waals surface area contributed by atoms with Crippen molar-refractivity contribution < 1.29 is 24.7 Å². The summed E-state index contributed by atoms with van der Waals surface area (Å²) in [6, 6.07) is 14.5. The van der Waals surface area contributed by atoms with Crippen molar-refractivity contribution in [3.05, 3.63) is 77.4 Å². The number of aromatic carboxylic acids is 1. The Balaban J connectivity index is 1.92. The van der Waals surface area contributed by atoms with Gasteiger partial charge < -0.3 is 14.6 Å². The highest BCUT2D eigenvalue weighted by atomic mass is 16.5. The normalized spacial score (nSPS) is 11.0. The zero-order chi connectivity index (χ0) is 27.7. The maximum atomic E-state index is 13.6. The lowest BCUT2D eigenvalue weighted by molar-refractivity contribution is -0.129. The summed E-state index contributed by atoms with van der Waals surface area (Å²) in [5.41, 5.74) is 4.58. The van der Waals surface area contributed by atoms with Gasteiger partial charge in [0.25, 0.3) is 11.8 Å². The first-order valence-electron chi connectivity index (χ1n) is 12.9. The molecule has 3 aromatic rings. The van der Waals surface area contributed by atoms with Crippen molar-refractivity contribution >= 4 is 17.8 Å². The largest absolute Gasteiger partial charge is 0.478 e. The Morgan fingerprint density at radius 2 is 1.79 bits per heavy atom. The smallest absolute Gasteiger partial charge is 0.336 e. The van der Waals surface area contributed by atoms with Gasteiger partial charge in [0.15, 0.2) is 0 Å². The molecule has 0 unspecified atom stereocenters. The van der Waals surface area contributed by atoms with Gasteiger partial charge in [0, 0.05) is 19.5 Å². The molecule has 0 spiro atoms. The molecule has 0 radical (unpaired) electrons. The van der Waals surface area contributed by atoms with Gasteiger partial charge in [-0.1, -0.05) is 69.7 Å². The Kier molecular flexibility index (Phi) is 10.2. The number of carboxylic acids is 1. The lowest BCUT2D eigenvalue weighted by Crippen LogP contribution is -2.41. The lowest BCUT2D eigenvalue weighted by Gasteiger charge is -2.23. The van der Waals surface area contributed by atoms with E-state index in [4.69, 9.17) is 5.21 Å². The Morgan fingerprint density at radius 1 is 1.08 bits per heavy atom. The summed E-state index contributed by atoms with van der Waals surface area (Å²) < 4.78 is 1.89. The van der Waals surface area contributed by atoms with E-state index in [1.807, 2.05) is 42.7 Å². The quantitative estimate of drug-likeness (QED) is 0.223. The van der Waals surface area contributed by atoms with E-state index in [1.165, 1.54) is 4.90 Å². The van der Waals surface area contributed by atoms with Crippen molar-refractivity contribution in [2.24, 2.45) is 5.92 Å². The number of imidazole rings is 1. The zero-order valence-electron chi connectivity index (χ0n) is 22.2. The minimum Gasteiger partial charge on any atom is -0.478 e. The van der Waals surface area contributed by atoms with E-state index in [0.29, 0.717) is 43.1 Å². The van der Waals surface area contributed by atoms with Crippen LogP contribution in [0.4, 0.5) is 0 Å². The minimum absolute atomic E-state index is 0.234. The molecular formula is C29H36N4O5. The number of nitrogens with zero attached hydrogens (tertiary/aromatic N) is 3. The molecule has 0 saturated carbocycles. The number of rotatable bonds is 13. The first kappa shape index (κ1) is 28.6. The van der Waals surface area contributed by atoms with Crippen LogP contribution in [0.1, 0.15) is 72.3 Å². The van der Waals surface area contributed by atoms with Gasteiger partial charge in [-0.15, -0.1) is 0 Å². The maximum absolute atomic E-state index is 13.6. The van der Waals surface area contributed by atoms with Crippen LogP contribution in [0, 0.1) is 5.92 Å². The number of unbranched alkanes of at least 4 members (excludes halogenated alkanes) is 1. The van der Waals surface area contributed by atoms with Gasteiger partial charge in [-0.3, -0.25) is 14.8 Å². The number of aryl methyl sites for hydroxylation is 1. The number of nitrogens with one attached hydrogen (secondary N) is 1. The van der Waals surface area contributed by atoms with Gasteiger partial charge >= 0.3 is 5.97 Å². The van der Waals surface area contributed by atoms with Crippen LogP contribution in [-0.2, 0) is 17.8 Å². The van der Waals surface area contributed by atoms with Crippen LogP contribution in [0.2, 0.25) is 0 Å². The van der Waals surface area contributed by atoms with E-state index < -0.39 is 11.9 Å². The molecule has 9 heteroatoms. The molecule has 3 rings (SSSR count). The second-order valence-electron chi connectivity index (χ2n) is 9.74. The van der Waals surface area contributed by atoms with Gasteiger partial charge in [0.2, 0.25) is 0 Å². The number of hydrogen-bond donors (Lipinski definition) is 3. The van der Waals surface area contributed by atoms with Crippen LogP contribution in [0.25, 0.3) is 11.1 Å². The number of aromatic nitrogens is 2. The van der Waals surface area contributed by atoms with Gasteiger partial charge in [0.05, 0.1) is 11.8 Å². The van der Waals surface area contributed by atoms with Crippen LogP contribution >= 0.6 is 0 Å². The Hall–Kier alpha value is -3.98. The third kappa shape index (κ3) is 7.29. The summed E-state index contributed by atoms with van der Waals surface area (Å²) in [7, 11) is 0. The molecule has 38 heavy (non-hydrogen) atoms. The molecule has 1 aromatic heterocycles. The molecule has 0 aliphatic rings. The predicted octanol–water partition coefficient (Wildman–Crippen LogP) is 4.63. The average molecular weight is 521 g/mol. The molecule has 0 atom stereocenters. The van der Waals surface area contributed by atoms with E-state index in [-0.39, 0.29) is 18.0 Å². The molecule has 202 valence electrons. The van der Waals surface area contributed by atoms with E-state index in [9.17, 15) is 19.5 Å². The van der Waals surface area contributed by atoms with Crippen molar-refractivity contribution in [1.82, 2.24) is 19.9 Å². The molecule has 0 fully saturated rings. The minimum atomic E-state index is -0.983. The molecule has 0 saturated heterocycles. The zero-order valence-corrected chi connectivity index (χ0v) is 22.2. The highest BCUT2D eigenvalue weighted by Crippen LogP contribution is 2.25. The molecule has 0 aliphatic carbocycles. The second kappa shape index (κ2) is 13.5. The fraction of sp³-hybridized carbons (Fsp3) is 0.379. The summed E-state index contributed by atoms with van der Waals surface area (Å²) >= 11 is 0. The second-order valence-corrected chi connectivity index (χ2v) is 9.74. The standard InChI is InChI=1S/C29H36N4O5/c1-4-5-10-26-30-17-25(28(35)32(16-15-20(2)3)19-27(34)31-38)33(26)18-21-11-13-22(14-12-21)23-8-6-7-9-24(23)29(36)37/h6-9,11-14,17,20,38H,4-5,10,15-16,18-19H2,1-3H3,(H,31,34)(H,36,37). The molecule has 3 N–H and O–H groups in total. The SMILES string of the molecule is CCCCc1ncc(C(=O)N(CCC(C)C)CC(=O)NO)n1Cc1ccc(-c2ccccc2C(=O)O)cc1. The Labute approximate surface area is 223 Å². The molecule has 2 aromatic carbocycles. The number of carboxylic acid groups (broad SMARTS) is 1. The summed E-state index contributed by atoms with van der Waals surface area (Å²) in [6.07, 6.45) is 4.87. The highest BCUT2D eigenvalue weighted by Gasteiger charge is 2.24. The van der Waals surface area contributed by atoms with Gasteiger partial charge in [0.1, 0.15) is 18.1 Å². The van der Waals surface area contributed by atoms with Crippen LogP contribution in [-0.4, -0.2) is 55.6 Å². The van der Waals surface area contributed by atoms with Crippen LogP contribution in [0.3, 0.4) is 0 Å². The molecule has 1 heterocycles. The third-order valence-corrected chi connectivity index (χ3v) is 6.40. The Morgan fingerprint density at radius 3 is 2.42 bits per heavy atom. The number of hydrogen-bond acceptors (Lipinski definition) is 5. The van der Waals surface area contributed by atoms with Crippen molar-refractivity contribution in [3.63, 3.8) is 0 Å². The Bertz CT molecular complexity index is 1250. The highest BCUT2D eigenvalue weighted by molar-refractivity contribution is 5.96. The van der Waals surface area contributed by atoms with E-state index in [1.54, 1.807) is 35.9 Å². The molecular weight excluding hydrogens is 484 g/mol. The van der Waals surface area contributed by atoms with Gasteiger partial charge in [-0.05, 0) is 41.5 Å². The number of amides is 2. The molecule has 0 bridgehead atoms. The van der Waals surface area contributed by atoms with Crippen molar-refractivity contribution in [1.29, 1.82) is 0 Å². The molecule has 9 nitrogen and oxygen atoms in total. The van der Waals surface area contributed by atoms with Crippen molar-refractivity contribution in [2.45, 2.75) is 53.0 Å². The maximum Gasteiger partial charge on any atom is 0.336 e. The topological polar surface area (TPSA) is 125 Å². The number of carbonyl (C=O) groups is 3.